The SMILES string of the molecule is CCCCNC(=NC)N1CCN(c2cccc(OC)c2)CC1. The van der Waals surface area contributed by atoms with Crippen LogP contribution in [0, 0.1) is 0 Å². The number of nitrogens with one attached hydrogen (secondary N) is 1. The van der Waals surface area contributed by atoms with Gasteiger partial charge in [0.2, 0.25) is 0 Å². The van der Waals surface area contributed by atoms with Gasteiger partial charge in [-0.3, -0.25) is 4.99 Å². The largest absolute Gasteiger partial charge is 0.497 e. The lowest BCUT2D eigenvalue weighted by Crippen LogP contribution is -2.52. The number of guanidine groups is 1. The Morgan fingerprint density at radius 2 is 2.05 bits per heavy atom. The molecule has 1 aromatic carbocycles. The zero-order valence-electron chi connectivity index (χ0n) is 14.0. The highest BCUT2D eigenvalue weighted by atomic mass is 16.5. The van der Waals surface area contributed by atoms with Crippen LogP contribution in [0.25, 0.3) is 0 Å². The number of hydrogen-bond acceptors (Lipinski definition) is 3. The average Bonchev–Trinajstić information content (AvgIpc) is 2.59. The van der Waals surface area contributed by atoms with Gasteiger partial charge in [-0.1, -0.05) is 19.4 Å². The molecule has 1 fully saturated rings. The highest BCUT2D eigenvalue weighted by Gasteiger charge is 2.19. The van der Waals surface area contributed by atoms with E-state index in [1.807, 2.05) is 19.2 Å². The van der Waals surface area contributed by atoms with E-state index < -0.39 is 0 Å². The Kier molecular flexibility index (Phi) is 6.37. The number of nitrogens with zero attached hydrogens (tertiary/aromatic N) is 3. The Hall–Kier alpha value is -1.91. The quantitative estimate of drug-likeness (QED) is 0.514. The third kappa shape index (κ3) is 4.29. The first kappa shape index (κ1) is 16.5. The van der Waals surface area contributed by atoms with Crippen LogP contribution in [0.15, 0.2) is 29.3 Å². The molecule has 0 amide bonds. The van der Waals surface area contributed by atoms with Gasteiger partial charge in [-0.15, -0.1) is 0 Å². The van der Waals surface area contributed by atoms with Gasteiger partial charge in [-0.2, -0.15) is 0 Å². The third-order valence-electron chi connectivity index (χ3n) is 4.02. The standard InChI is InChI=1S/C17H28N4O/c1-4-5-9-19-17(18-2)21-12-10-20(11-13-21)15-7-6-8-16(14-15)22-3/h6-8,14H,4-5,9-13H2,1-3H3,(H,18,19). The molecule has 1 saturated heterocycles. The van der Waals surface area contributed by atoms with Gasteiger partial charge in [0.15, 0.2) is 5.96 Å². The van der Waals surface area contributed by atoms with E-state index in [1.165, 1.54) is 18.5 Å². The molecule has 5 nitrogen and oxygen atoms in total. The molecule has 122 valence electrons. The number of benzene rings is 1. The molecule has 0 aromatic heterocycles. The second-order valence-corrected chi connectivity index (χ2v) is 5.50. The average molecular weight is 304 g/mol. The van der Waals surface area contributed by atoms with Crippen molar-refractivity contribution in [2.45, 2.75) is 19.8 Å². The zero-order valence-corrected chi connectivity index (χ0v) is 14.0. The smallest absolute Gasteiger partial charge is 0.193 e. The van der Waals surface area contributed by atoms with Gasteiger partial charge < -0.3 is 19.9 Å². The number of anilines is 1. The van der Waals surface area contributed by atoms with E-state index in [1.54, 1.807) is 7.11 Å². The summed E-state index contributed by atoms with van der Waals surface area (Å²) in [6.07, 6.45) is 2.39. The van der Waals surface area contributed by atoms with E-state index in [0.717, 1.165) is 44.4 Å². The lowest BCUT2D eigenvalue weighted by atomic mass is 10.2. The van der Waals surface area contributed by atoms with Crippen molar-refractivity contribution >= 4 is 11.6 Å². The van der Waals surface area contributed by atoms with Crippen molar-refractivity contribution in [1.82, 2.24) is 10.2 Å². The maximum atomic E-state index is 5.31. The molecule has 0 bridgehead atoms. The summed E-state index contributed by atoms with van der Waals surface area (Å²) in [5.41, 5.74) is 1.23. The maximum absolute atomic E-state index is 5.31. The van der Waals surface area contributed by atoms with E-state index in [0.29, 0.717) is 0 Å². The van der Waals surface area contributed by atoms with Crippen molar-refractivity contribution in [2.24, 2.45) is 4.99 Å². The van der Waals surface area contributed by atoms with Crippen LogP contribution < -0.4 is 15.0 Å². The lowest BCUT2D eigenvalue weighted by molar-refractivity contribution is 0.371. The molecule has 1 aliphatic rings. The molecular formula is C17H28N4O. The van der Waals surface area contributed by atoms with Crippen LogP contribution in [0.5, 0.6) is 5.75 Å². The van der Waals surface area contributed by atoms with Gasteiger partial charge in [-0.05, 0) is 18.6 Å². The zero-order chi connectivity index (χ0) is 15.8. The summed E-state index contributed by atoms with van der Waals surface area (Å²) in [7, 11) is 3.58. The van der Waals surface area contributed by atoms with Gasteiger partial charge in [0, 0.05) is 51.5 Å². The van der Waals surface area contributed by atoms with Crippen LogP contribution in [0.1, 0.15) is 19.8 Å². The number of piperazine rings is 1. The molecule has 1 aromatic rings. The van der Waals surface area contributed by atoms with Gasteiger partial charge >= 0.3 is 0 Å². The van der Waals surface area contributed by atoms with Crippen LogP contribution in [0.4, 0.5) is 5.69 Å². The monoisotopic (exact) mass is 304 g/mol. The molecule has 0 saturated carbocycles. The molecule has 2 rings (SSSR count). The van der Waals surface area contributed by atoms with Crippen molar-refractivity contribution in [3.63, 3.8) is 0 Å². The van der Waals surface area contributed by atoms with E-state index in [2.05, 4.69) is 39.2 Å². The predicted molar refractivity (Wildman–Crippen MR) is 93.0 cm³/mol. The van der Waals surface area contributed by atoms with E-state index in [-0.39, 0.29) is 0 Å². The Morgan fingerprint density at radius 1 is 1.27 bits per heavy atom. The number of methoxy groups -OCH3 is 1. The summed E-state index contributed by atoms with van der Waals surface area (Å²) in [5.74, 6) is 1.94. The molecule has 1 heterocycles. The van der Waals surface area contributed by atoms with Crippen molar-refractivity contribution in [1.29, 1.82) is 0 Å². The molecule has 5 heteroatoms. The molecule has 22 heavy (non-hydrogen) atoms. The summed E-state index contributed by atoms with van der Waals surface area (Å²) >= 11 is 0. The van der Waals surface area contributed by atoms with Gasteiger partial charge in [-0.25, -0.2) is 0 Å². The topological polar surface area (TPSA) is 40.1 Å². The van der Waals surface area contributed by atoms with Crippen LogP contribution in [0.3, 0.4) is 0 Å². The molecule has 0 aliphatic carbocycles. The van der Waals surface area contributed by atoms with Crippen LogP contribution in [0.2, 0.25) is 0 Å². The Morgan fingerprint density at radius 3 is 2.68 bits per heavy atom. The van der Waals surface area contributed by atoms with Crippen molar-refractivity contribution in [3.05, 3.63) is 24.3 Å². The van der Waals surface area contributed by atoms with Crippen LogP contribution in [-0.4, -0.2) is 57.7 Å². The fourth-order valence-electron chi connectivity index (χ4n) is 2.69. The van der Waals surface area contributed by atoms with Crippen molar-refractivity contribution < 1.29 is 4.74 Å². The fourth-order valence-corrected chi connectivity index (χ4v) is 2.69. The summed E-state index contributed by atoms with van der Waals surface area (Å²) in [4.78, 5) is 9.14. The van der Waals surface area contributed by atoms with E-state index in [9.17, 15) is 0 Å². The normalized spacial score (nSPS) is 15.9. The second kappa shape index (κ2) is 8.51. The maximum Gasteiger partial charge on any atom is 0.193 e. The van der Waals surface area contributed by atoms with Gasteiger partial charge in [0.25, 0.3) is 0 Å². The Balaban J connectivity index is 1.89. The van der Waals surface area contributed by atoms with Crippen LogP contribution >= 0.6 is 0 Å². The number of rotatable bonds is 5. The molecule has 0 unspecified atom stereocenters. The minimum Gasteiger partial charge on any atom is -0.497 e. The molecular weight excluding hydrogens is 276 g/mol. The number of unbranched alkanes of at least 4 members (excludes halogenated alkanes) is 1. The molecule has 1 aliphatic heterocycles. The Labute approximate surface area is 134 Å². The van der Waals surface area contributed by atoms with Crippen LogP contribution in [-0.2, 0) is 0 Å². The molecule has 0 radical (unpaired) electrons. The third-order valence-corrected chi connectivity index (χ3v) is 4.02. The minimum atomic E-state index is 0.914. The number of aliphatic imine (C=N–C) groups is 1. The van der Waals surface area contributed by atoms with Gasteiger partial charge in [0.1, 0.15) is 5.75 Å². The molecule has 0 spiro atoms. The first-order valence-corrected chi connectivity index (χ1v) is 8.13. The summed E-state index contributed by atoms with van der Waals surface area (Å²) in [6.45, 7) is 7.19. The Bertz CT molecular complexity index is 481. The lowest BCUT2D eigenvalue weighted by Gasteiger charge is -2.37. The first-order chi connectivity index (χ1) is 10.8. The first-order valence-electron chi connectivity index (χ1n) is 8.13. The highest BCUT2D eigenvalue weighted by Crippen LogP contribution is 2.22. The van der Waals surface area contributed by atoms with E-state index in [4.69, 9.17) is 4.74 Å². The van der Waals surface area contributed by atoms with E-state index >= 15 is 0 Å². The summed E-state index contributed by atoms with van der Waals surface area (Å²) in [5, 5.41) is 3.45. The highest BCUT2D eigenvalue weighted by molar-refractivity contribution is 5.80. The van der Waals surface area contributed by atoms with Crippen molar-refractivity contribution in [2.75, 3.05) is 51.8 Å². The summed E-state index contributed by atoms with van der Waals surface area (Å²) < 4.78 is 5.31. The van der Waals surface area contributed by atoms with Gasteiger partial charge in [0.05, 0.1) is 7.11 Å². The predicted octanol–water partition coefficient (Wildman–Crippen LogP) is 2.19. The summed E-state index contributed by atoms with van der Waals surface area (Å²) in [6, 6.07) is 8.28. The fraction of sp³-hybridized carbons (Fsp3) is 0.588. The molecule has 0 atom stereocenters. The minimum absolute atomic E-state index is 0.914. The number of ether oxygens (including phenoxy) is 1. The second-order valence-electron chi connectivity index (χ2n) is 5.50. The number of hydrogen-bond donors (Lipinski definition) is 1. The molecule has 1 N–H and O–H groups in total. The van der Waals surface area contributed by atoms with Crippen molar-refractivity contribution in [3.8, 4) is 5.75 Å².